The second-order valence-electron chi connectivity index (χ2n) is 6.20. The third-order valence-electron chi connectivity index (χ3n) is 4.23. The maximum atomic E-state index is 12.2. The van der Waals surface area contributed by atoms with Crippen LogP contribution < -0.4 is 5.43 Å². The largest absolute Gasteiger partial charge is 0.506 e. The van der Waals surface area contributed by atoms with Crippen molar-refractivity contribution in [1.29, 1.82) is 0 Å². The molecule has 29 heavy (non-hydrogen) atoms. The number of amides is 1. The van der Waals surface area contributed by atoms with Crippen molar-refractivity contribution in [3.63, 3.8) is 0 Å². The van der Waals surface area contributed by atoms with Gasteiger partial charge < -0.3 is 25.2 Å². The van der Waals surface area contributed by atoms with Gasteiger partial charge in [-0.2, -0.15) is 5.10 Å². The number of aromatic hydroxyl groups is 1. The van der Waals surface area contributed by atoms with Crippen LogP contribution in [-0.2, 0) is 4.74 Å². The highest BCUT2D eigenvalue weighted by Gasteiger charge is 2.44. The first-order valence-electron chi connectivity index (χ1n) is 8.29. The van der Waals surface area contributed by atoms with Crippen LogP contribution in [0, 0.1) is 0 Å². The Morgan fingerprint density at radius 1 is 1.34 bits per heavy atom. The van der Waals surface area contributed by atoms with Crippen molar-refractivity contribution in [1.82, 2.24) is 20.2 Å². The van der Waals surface area contributed by atoms with E-state index < -0.39 is 37.1 Å². The van der Waals surface area contributed by atoms with E-state index >= 15 is 0 Å². The van der Waals surface area contributed by atoms with Gasteiger partial charge in [-0.25, -0.2) is 15.1 Å². The van der Waals surface area contributed by atoms with Crippen LogP contribution in [0.3, 0.4) is 0 Å². The number of carbonyl (C=O) groups is 1. The molecule has 1 aliphatic rings. The number of rotatable bonds is 5. The molecule has 1 saturated heterocycles. The standard InChI is InChI=1S/C16H17Cl2N5O6/c1-6(8-2-7(17)3-9(18)11(8)25)20-21-15(28)14-19-5-23(22-14)16-13(27)12(26)10(4-24)29-16/h2-3,5,10,12-13,16,24-27H,4H2,1H3,(H,21,28)/b20-6-/t10-,12-,13-,16-/m1/s1. The number of phenolic OH excluding ortho intramolecular Hbond substituents is 1. The molecule has 13 heteroatoms. The molecule has 2 heterocycles. The van der Waals surface area contributed by atoms with Gasteiger partial charge in [-0.3, -0.25) is 4.79 Å². The highest BCUT2D eigenvalue weighted by atomic mass is 35.5. The van der Waals surface area contributed by atoms with E-state index in [1.54, 1.807) is 0 Å². The summed E-state index contributed by atoms with van der Waals surface area (Å²) in [7, 11) is 0. The van der Waals surface area contributed by atoms with Gasteiger partial charge in [0.25, 0.3) is 0 Å². The Morgan fingerprint density at radius 2 is 2.07 bits per heavy atom. The first-order valence-corrected chi connectivity index (χ1v) is 9.05. The maximum absolute atomic E-state index is 12.2. The first-order chi connectivity index (χ1) is 13.7. The Labute approximate surface area is 174 Å². The minimum absolute atomic E-state index is 0.0345. The molecule has 1 aromatic carbocycles. The average Bonchev–Trinajstić information content (AvgIpc) is 3.28. The number of hydrogen-bond donors (Lipinski definition) is 5. The van der Waals surface area contributed by atoms with Crippen LogP contribution in [0.25, 0.3) is 0 Å². The maximum Gasteiger partial charge on any atom is 0.311 e. The highest BCUT2D eigenvalue weighted by molar-refractivity contribution is 6.36. The molecule has 4 atom stereocenters. The lowest BCUT2D eigenvalue weighted by molar-refractivity contribution is -0.0588. The summed E-state index contributed by atoms with van der Waals surface area (Å²) in [6.45, 7) is 1.03. The zero-order chi connectivity index (χ0) is 21.3. The van der Waals surface area contributed by atoms with Gasteiger partial charge in [-0.1, -0.05) is 23.2 Å². The van der Waals surface area contributed by atoms with Gasteiger partial charge in [0.1, 0.15) is 30.4 Å². The normalized spacial score (nSPS) is 24.7. The number of halogens is 2. The number of nitrogens with one attached hydrogen (secondary N) is 1. The quantitative estimate of drug-likeness (QED) is 0.318. The molecule has 3 rings (SSSR count). The second kappa shape index (κ2) is 8.61. The number of aliphatic hydroxyl groups is 3. The number of carbonyl (C=O) groups excluding carboxylic acids is 1. The number of hydrogen-bond acceptors (Lipinski definition) is 9. The van der Waals surface area contributed by atoms with Crippen molar-refractivity contribution in [2.45, 2.75) is 31.5 Å². The number of benzene rings is 1. The molecule has 1 aliphatic heterocycles. The molecule has 1 amide bonds. The summed E-state index contributed by atoms with van der Waals surface area (Å²) < 4.78 is 6.36. The van der Waals surface area contributed by atoms with Crippen LogP contribution in [0.1, 0.15) is 29.3 Å². The fourth-order valence-electron chi connectivity index (χ4n) is 2.69. The monoisotopic (exact) mass is 445 g/mol. The Bertz CT molecular complexity index is 952. The fraction of sp³-hybridized carbons (Fsp3) is 0.375. The Morgan fingerprint density at radius 3 is 2.72 bits per heavy atom. The molecule has 1 aromatic heterocycles. The topological polar surface area (TPSA) is 162 Å². The van der Waals surface area contributed by atoms with Gasteiger partial charge in [0.05, 0.1) is 17.3 Å². The summed E-state index contributed by atoms with van der Waals surface area (Å²) in [4.78, 5) is 16.0. The zero-order valence-electron chi connectivity index (χ0n) is 14.9. The van der Waals surface area contributed by atoms with Crippen LogP contribution in [0.4, 0.5) is 0 Å². The molecule has 0 bridgehead atoms. The minimum Gasteiger partial charge on any atom is -0.506 e. The van der Waals surface area contributed by atoms with E-state index in [9.17, 15) is 20.1 Å². The van der Waals surface area contributed by atoms with E-state index in [0.717, 1.165) is 11.0 Å². The molecule has 0 aliphatic carbocycles. The summed E-state index contributed by atoms with van der Waals surface area (Å²) in [6, 6.07) is 2.80. The Kier molecular flexibility index (Phi) is 6.36. The van der Waals surface area contributed by atoms with E-state index in [2.05, 4.69) is 20.6 Å². The van der Waals surface area contributed by atoms with Crippen molar-refractivity contribution in [2.24, 2.45) is 5.10 Å². The molecule has 1 fully saturated rings. The number of nitrogens with zero attached hydrogens (tertiary/aromatic N) is 4. The summed E-state index contributed by atoms with van der Waals surface area (Å²) in [5.74, 6) is -1.30. The predicted molar refractivity (Wildman–Crippen MR) is 101 cm³/mol. The third-order valence-corrected chi connectivity index (χ3v) is 4.74. The zero-order valence-corrected chi connectivity index (χ0v) is 16.4. The molecule has 0 radical (unpaired) electrons. The number of aromatic nitrogens is 3. The fourth-order valence-corrected chi connectivity index (χ4v) is 3.18. The van der Waals surface area contributed by atoms with E-state index in [4.69, 9.17) is 33.0 Å². The van der Waals surface area contributed by atoms with E-state index in [1.165, 1.54) is 19.1 Å². The lowest BCUT2D eigenvalue weighted by Gasteiger charge is -2.13. The molecule has 0 spiro atoms. The number of hydrazone groups is 1. The van der Waals surface area contributed by atoms with Gasteiger partial charge in [0, 0.05) is 10.6 Å². The van der Waals surface area contributed by atoms with Crippen molar-refractivity contribution in [2.75, 3.05) is 6.61 Å². The van der Waals surface area contributed by atoms with Gasteiger partial charge in [0.2, 0.25) is 5.82 Å². The average molecular weight is 446 g/mol. The summed E-state index contributed by atoms with van der Waals surface area (Å²) >= 11 is 11.8. The lowest BCUT2D eigenvalue weighted by Crippen LogP contribution is -2.33. The third kappa shape index (κ3) is 4.34. The molecular weight excluding hydrogens is 429 g/mol. The van der Waals surface area contributed by atoms with E-state index in [0.29, 0.717) is 0 Å². The predicted octanol–water partition coefficient (Wildman–Crippen LogP) is 0.0560. The molecule has 156 valence electrons. The van der Waals surface area contributed by atoms with Gasteiger partial charge >= 0.3 is 5.91 Å². The summed E-state index contributed by atoms with van der Waals surface area (Å²) in [5.41, 5.74) is 2.68. The van der Waals surface area contributed by atoms with Gasteiger partial charge in [-0.05, 0) is 19.1 Å². The van der Waals surface area contributed by atoms with Crippen LogP contribution >= 0.6 is 23.2 Å². The van der Waals surface area contributed by atoms with Crippen molar-refractivity contribution < 1.29 is 30.0 Å². The Hall–Kier alpha value is -2.28. The van der Waals surface area contributed by atoms with Gasteiger partial charge in [-0.15, -0.1) is 5.10 Å². The SMILES string of the molecule is C/C(=N/NC(=O)c1ncn([C@@H]2O[C@H](CO)[C@@H](O)[C@H]2O)n1)c1cc(Cl)cc(Cl)c1O. The Balaban J connectivity index is 1.72. The van der Waals surface area contributed by atoms with Crippen molar-refractivity contribution in [3.05, 3.63) is 39.9 Å². The lowest BCUT2D eigenvalue weighted by atomic mass is 10.1. The van der Waals surface area contributed by atoms with Crippen LogP contribution in [-0.4, -0.2) is 71.7 Å². The van der Waals surface area contributed by atoms with Crippen LogP contribution in [0.2, 0.25) is 10.0 Å². The van der Waals surface area contributed by atoms with E-state index in [1.807, 2.05) is 0 Å². The number of aliphatic hydroxyl groups excluding tert-OH is 3. The molecular formula is C16H17Cl2N5O6. The molecule has 2 aromatic rings. The van der Waals surface area contributed by atoms with Crippen molar-refractivity contribution in [3.8, 4) is 5.75 Å². The van der Waals surface area contributed by atoms with Gasteiger partial charge in [0.15, 0.2) is 6.23 Å². The first kappa shape index (κ1) is 21.4. The molecule has 0 saturated carbocycles. The smallest absolute Gasteiger partial charge is 0.311 e. The minimum atomic E-state index is -1.36. The number of phenols is 1. The summed E-state index contributed by atoms with van der Waals surface area (Å²) in [6.07, 6.45) is -3.64. The summed E-state index contributed by atoms with van der Waals surface area (Å²) in [5, 5.41) is 47.0. The van der Waals surface area contributed by atoms with E-state index in [-0.39, 0.29) is 32.9 Å². The van der Waals surface area contributed by atoms with Crippen LogP contribution in [0.15, 0.2) is 23.6 Å². The molecule has 0 unspecified atom stereocenters. The molecule has 5 N–H and O–H groups in total. The second-order valence-corrected chi connectivity index (χ2v) is 7.04. The number of ether oxygens (including phenoxy) is 1. The van der Waals surface area contributed by atoms with Crippen molar-refractivity contribution >= 4 is 34.8 Å². The highest BCUT2D eigenvalue weighted by Crippen LogP contribution is 2.31. The molecule has 11 nitrogen and oxygen atoms in total. The van der Waals surface area contributed by atoms with Crippen LogP contribution in [0.5, 0.6) is 5.75 Å².